The normalized spacial score (nSPS) is 44.7. The standard InChI is InChI=1S/C27H38FNO6/c1-15-11-19-18-8-7-16-12-17(31)9-10-24(16,5)26(18,28)20(32)13-25(19,6)27(15,21(33)14-30)29(22(34)35)23(2,3)4/h9-10,12,15,18-20,30,32H,7-8,11,13-14H2,1-6H3,(H,34,35)/t15-,18?,19?,20-,24-,25-,26?,27+/m0/s1. The van der Waals surface area contributed by atoms with Gasteiger partial charge in [0.2, 0.25) is 0 Å². The van der Waals surface area contributed by atoms with Crippen molar-refractivity contribution in [3.63, 3.8) is 0 Å². The number of aliphatic hydroxyl groups is 2. The van der Waals surface area contributed by atoms with Gasteiger partial charge in [0.15, 0.2) is 17.2 Å². The highest BCUT2D eigenvalue weighted by molar-refractivity contribution is 6.01. The van der Waals surface area contributed by atoms with E-state index in [1.165, 1.54) is 12.2 Å². The molecule has 0 bridgehead atoms. The lowest BCUT2D eigenvalue weighted by atomic mass is 9.44. The molecule has 4 aliphatic carbocycles. The van der Waals surface area contributed by atoms with Crippen LogP contribution in [0.25, 0.3) is 0 Å². The number of allylic oxidation sites excluding steroid dienone is 4. The number of carboxylic acid groups (broad SMARTS) is 1. The molecular formula is C27H38FNO6. The number of Topliss-reactive ketones (excluding diaryl/α,β-unsaturated/α-hetero) is 1. The van der Waals surface area contributed by atoms with Crippen molar-refractivity contribution in [3.8, 4) is 0 Å². The quantitative estimate of drug-likeness (QED) is 0.555. The van der Waals surface area contributed by atoms with Crippen LogP contribution in [0.2, 0.25) is 0 Å². The Balaban J connectivity index is 1.94. The first kappa shape index (κ1) is 26.0. The second-order valence-electron chi connectivity index (χ2n) is 12.5. The van der Waals surface area contributed by atoms with Crippen LogP contribution in [0.15, 0.2) is 23.8 Å². The first-order valence-electron chi connectivity index (χ1n) is 12.5. The third-order valence-electron chi connectivity index (χ3n) is 10.0. The molecule has 4 aliphatic rings. The summed E-state index contributed by atoms with van der Waals surface area (Å²) < 4.78 is 17.4. The van der Waals surface area contributed by atoms with E-state index in [1.807, 2.05) is 0 Å². The number of carbonyl (C=O) groups excluding carboxylic acids is 2. The molecule has 0 radical (unpaired) electrons. The van der Waals surface area contributed by atoms with Crippen molar-refractivity contribution in [2.24, 2.45) is 28.6 Å². The fourth-order valence-corrected chi connectivity index (χ4v) is 8.83. The number of amides is 1. The van der Waals surface area contributed by atoms with Crippen LogP contribution in [0.3, 0.4) is 0 Å². The summed E-state index contributed by atoms with van der Waals surface area (Å²) >= 11 is 0. The molecule has 0 aromatic heterocycles. The molecule has 194 valence electrons. The van der Waals surface area contributed by atoms with Gasteiger partial charge in [0.25, 0.3) is 0 Å². The maximum atomic E-state index is 17.4. The number of aliphatic hydroxyl groups excluding tert-OH is 2. The predicted molar refractivity (Wildman–Crippen MR) is 127 cm³/mol. The molecule has 0 aromatic carbocycles. The summed E-state index contributed by atoms with van der Waals surface area (Å²) in [4.78, 5) is 39.6. The molecule has 35 heavy (non-hydrogen) atoms. The van der Waals surface area contributed by atoms with E-state index in [0.29, 0.717) is 24.8 Å². The molecule has 0 aromatic rings. The van der Waals surface area contributed by atoms with Gasteiger partial charge in [0, 0.05) is 22.3 Å². The third-order valence-corrected chi connectivity index (χ3v) is 10.0. The predicted octanol–water partition coefficient (Wildman–Crippen LogP) is 3.68. The number of nitrogens with zero attached hydrogens (tertiary/aromatic N) is 1. The van der Waals surface area contributed by atoms with E-state index < -0.39 is 69.9 Å². The summed E-state index contributed by atoms with van der Waals surface area (Å²) in [6.07, 6.45) is 2.76. The summed E-state index contributed by atoms with van der Waals surface area (Å²) in [7, 11) is 0. The minimum absolute atomic E-state index is 0.134. The molecule has 0 saturated heterocycles. The molecule has 1 amide bonds. The van der Waals surface area contributed by atoms with Crippen LogP contribution in [0.5, 0.6) is 0 Å². The van der Waals surface area contributed by atoms with Crippen LogP contribution >= 0.6 is 0 Å². The SMILES string of the molecule is C[C@H]1CC2C3CCC4=CC(=O)C=C[C@]4(C)C3(F)[C@@H](O)C[C@]2(C)[C@@]1(C(=O)CO)N(C(=O)O)C(C)(C)C. The largest absolute Gasteiger partial charge is 0.465 e. The van der Waals surface area contributed by atoms with Gasteiger partial charge < -0.3 is 15.3 Å². The lowest BCUT2D eigenvalue weighted by Gasteiger charge is -2.65. The monoisotopic (exact) mass is 491 g/mol. The van der Waals surface area contributed by atoms with Gasteiger partial charge in [-0.1, -0.05) is 25.5 Å². The molecule has 7 nitrogen and oxygen atoms in total. The number of hydrogen-bond acceptors (Lipinski definition) is 5. The fourth-order valence-electron chi connectivity index (χ4n) is 8.83. The molecular weight excluding hydrogens is 453 g/mol. The first-order chi connectivity index (χ1) is 16.0. The number of halogens is 1. The zero-order valence-corrected chi connectivity index (χ0v) is 21.5. The highest BCUT2D eigenvalue weighted by Crippen LogP contribution is 2.72. The maximum absolute atomic E-state index is 17.4. The van der Waals surface area contributed by atoms with E-state index in [2.05, 4.69) is 0 Å². The Morgan fingerprint density at radius 3 is 2.40 bits per heavy atom. The molecule has 0 aliphatic heterocycles. The number of fused-ring (bicyclic) bond motifs is 5. The molecule has 8 heteroatoms. The summed E-state index contributed by atoms with van der Waals surface area (Å²) in [5, 5.41) is 32.1. The van der Waals surface area contributed by atoms with Gasteiger partial charge in [-0.25, -0.2) is 9.18 Å². The van der Waals surface area contributed by atoms with Crippen molar-refractivity contribution in [1.82, 2.24) is 4.90 Å². The summed E-state index contributed by atoms with van der Waals surface area (Å²) in [6.45, 7) is 9.61. The highest BCUT2D eigenvalue weighted by Gasteiger charge is 2.78. The van der Waals surface area contributed by atoms with Crippen LogP contribution in [0, 0.1) is 28.6 Å². The lowest BCUT2D eigenvalue weighted by Crippen LogP contribution is -2.75. The van der Waals surface area contributed by atoms with Gasteiger partial charge in [-0.15, -0.1) is 0 Å². The number of hydrogen-bond donors (Lipinski definition) is 3. The fraction of sp³-hybridized carbons (Fsp3) is 0.741. The Morgan fingerprint density at radius 2 is 1.86 bits per heavy atom. The second kappa shape index (κ2) is 7.72. The third kappa shape index (κ3) is 2.98. The number of carbonyl (C=O) groups is 3. The van der Waals surface area contributed by atoms with Crippen LogP contribution < -0.4 is 0 Å². The van der Waals surface area contributed by atoms with Crippen LogP contribution in [0.4, 0.5) is 9.18 Å². The number of rotatable bonds is 3. The van der Waals surface area contributed by atoms with Crippen LogP contribution in [-0.2, 0) is 9.59 Å². The first-order valence-corrected chi connectivity index (χ1v) is 12.5. The molecule has 3 N–H and O–H groups in total. The minimum atomic E-state index is -2.08. The van der Waals surface area contributed by atoms with Gasteiger partial charge in [-0.2, -0.15) is 0 Å². The lowest BCUT2D eigenvalue weighted by molar-refractivity contribution is -0.211. The highest BCUT2D eigenvalue weighted by atomic mass is 19.1. The van der Waals surface area contributed by atoms with E-state index >= 15 is 4.39 Å². The van der Waals surface area contributed by atoms with Crippen molar-refractivity contribution in [3.05, 3.63) is 23.8 Å². The van der Waals surface area contributed by atoms with E-state index in [-0.39, 0.29) is 12.2 Å². The van der Waals surface area contributed by atoms with Crippen LogP contribution in [0.1, 0.15) is 67.2 Å². The van der Waals surface area contributed by atoms with E-state index in [0.717, 1.165) is 4.90 Å². The van der Waals surface area contributed by atoms with Crippen molar-refractivity contribution in [2.45, 2.75) is 90.1 Å². The molecule has 3 fully saturated rings. The zero-order chi connectivity index (χ0) is 26.4. The Bertz CT molecular complexity index is 1030. The van der Waals surface area contributed by atoms with Crippen molar-refractivity contribution < 1.29 is 34.1 Å². The smallest absolute Gasteiger partial charge is 0.408 e. The average Bonchev–Trinajstić information content (AvgIpc) is 2.96. The molecule has 8 atom stereocenters. The van der Waals surface area contributed by atoms with E-state index in [1.54, 1.807) is 47.6 Å². The summed E-state index contributed by atoms with van der Waals surface area (Å²) in [5.74, 6) is -2.37. The topological polar surface area (TPSA) is 115 Å². The van der Waals surface area contributed by atoms with Crippen molar-refractivity contribution in [1.29, 1.82) is 0 Å². The summed E-state index contributed by atoms with van der Waals surface area (Å²) in [6, 6.07) is 0. The zero-order valence-electron chi connectivity index (χ0n) is 21.5. The molecule has 3 saturated carbocycles. The molecule has 4 rings (SSSR count). The van der Waals surface area contributed by atoms with Gasteiger partial charge in [0.05, 0.1) is 6.10 Å². The van der Waals surface area contributed by atoms with E-state index in [9.17, 15) is 29.7 Å². The van der Waals surface area contributed by atoms with E-state index in [4.69, 9.17) is 0 Å². The Labute approximate surface area is 206 Å². The average molecular weight is 492 g/mol. The Hall–Kier alpha value is -2.06. The number of ketones is 2. The molecule has 0 spiro atoms. The van der Waals surface area contributed by atoms with Crippen molar-refractivity contribution >= 4 is 17.7 Å². The number of alkyl halides is 1. The second-order valence-corrected chi connectivity index (χ2v) is 12.5. The Kier molecular flexibility index (Phi) is 5.74. The molecule has 0 heterocycles. The molecule has 3 unspecified atom stereocenters. The maximum Gasteiger partial charge on any atom is 0.408 e. The van der Waals surface area contributed by atoms with Gasteiger partial charge in [-0.05, 0) is 77.4 Å². The van der Waals surface area contributed by atoms with Gasteiger partial charge in [0.1, 0.15) is 12.1 Å². The van der Waals surface area contributed by atoms with Gasteiger partial charge >= 0.3 is 6.09 Å². The minimum Gasteiger partial charge on any atom is -0.465 e. The van der Waals surface area contributed by atoms with Crippen LogP contribution in [-0.4, -0.2) is 67.3 Å². The summed E-state index contributed by atoms with van der Waals surface area (Å²) in [5.41, 5.74) is -6.31. The Morgan fingerprint density at radius 1 is 1.23 bits per heavy atom. The van der Waals surface area contributed by atoms with Gasteiger partial charge in [-0.3, -0.25) is 14.5 Å². The van der Waals surface area contributed by atoms with Crippen molar-refractivity contribution in [2.75, 3.05) is 6.61 Å².